The van der Waals surface area contributed by atoms with Gasteiger partial charge in [0.1, 0.15) is 0 Å². The van der Waals surface area contributed by atoms with E-state index in [0.717, 1.165) is 38.2 Å². The molecule has 1 aliphatic rings. The summed E-state index contributed by atoms with van der Waals surface area (Å²) in [6, 6.07) is 6.95. The first-order chi connectivity index (χ1) is 13.4. The zero-order chi connectivity index (χ0) is 20.1. The minimum atomic E-state index is -3.68. The number of hydrogen-bond acceptors (Lipinski definition) is 6. The molecule has 2 aromatic rings. The normalized spacial score (nSPS) is 17.4. The molecule has 1 aromatic carbocycles. The fourth-order valence-corrected chi connectivity index (χ4v) is 4.36. The van der Waals surface area contributed by atoms with E-state index in [1.807, 2.05) is 0 Å². The highest BCUT2D eigenvalue weighted by atomic mass is 35.5. The van der Waals surface area contributed by atoms with Crippen molar-refractivity contribution in [2.45, 2.75) is 31.2 Å². The van der Waals surface area contributed by atoms with Gasteiger partial charge in [-0.25, -0.2) is 18.4 Å². The van der Waals surface area contributed by atoms with Crippen molar-refractivity contribution < 1.29 is 8.42 Å². The van der Waals surface area contributed by atoms with Crippen LogP contribution < -0.4 is 9.62 Å². The van der Waals surface area contributed by atoms with E-state index in [4.69, 9.17) is 0 Å². The van der Waals surface area contributed by atoms with Crippen LogP contribution in [0.5, 0.6) is 0 Å². The number of aromatic nitrogens is 2. The summed E-state index contributed by atoms with van der Waals surface area (Å²) in [5.41, 5.74) is 1.20. The van der Waals surface area contributed by atoms with E-state index in [0.29, 0.717) is 17.7 Å². The maximum absolute atomic E-state index is 12.5. The Morgan fingerprint density at radius 2 is 1.86 bits per heavy atom. The van der Waals surface area contributed by atoms with Gasteiger partial charge in [0, 0.05) is 25.7 Å². The van der Waals surface area contributed by atoms with Crippen LogP contribution in [-0.2, 0) is 10.0 Å². The van der Waals surface area contributed by atoms with E-state index in [-0.39, 0.29) is 17.3 Å². The van der Waals surface area contributed by atoms with Crippen LogP contribution in [0.3, 0.4) is 0 Å². The molecule has 0 radical (unpaired) electrons. The average molecular weight is 438 g/mol. The Hall–Kier alpha value is -2.16. The van der Waals surface area contributed by atoms with Crippen LogP contribution in [0.15, 0.2) is 48.1 Å². The smallest absolute Gasteiger partial charge is 0.261 e. The number of rotatable bonds is 7. The summed E-state index contributed by atoms with van der Waals surface area (Å²) < 4.78 is 27.6. The van der Waals surface area contributed by atoms with Crippen molar-refractivity contribution in [2.24, 2.45) is 0 Å². The predicted octanol–water partition coefficient (Wildman–Crippen LogP) is 3.26. The maximum Gasteiger partial charge on any atom is 0.261 e. The number of sulfonamides is 1. The summed E-state index contributed by atoms with van der Waals surface area (Å²) in [5.74, 6) is 0.626. The van der Waals surface area contributed by atoms with E-state index < -0.39 is 10.0 Å². The van der Waals surface area contributed by atoms with Gasteiger partial charge in [0.25, 0.3) is 10.0 Å². The minimum absolute atomic E-state index is 0. The molecule has 0 bridgehead atoms. The molecule has 1 aromatic heterocycles. The van der Waals surface area contributed by atoms with Gasteiger partial charge in [0.05, 0.1) is 23.0 Å². The Kier molecular flexibility index (Phi) is 8.01. The summed E-state index contributed by atoms with van der Waals surface area (Å²) in [4.78, 5) is 13.5. The maximum atomic E-state index is 12.5. The van der Waals surface area contributed by atoms with Gasteiger partial charge in [-0.15, -0.1) is 12.4 Å². The highest BCUT2D eigenvalue weighted by Crippen LogP contribution is 2.19. The van der Waals surface area contributed by atoms with Gasteiger partial charge in [0.15, 0.2) is 0 Å². The number of benzene rings is 1. The van der Waals surface area contributed by atoms with Crippen LogP contribution in [0, 0.1) is 0 Å². The molecule has 0 saturated carbocycles. The highest BCUT2D eigenvalue weighted by Gasteiger charge is 2.24. The van der Waals surface area contributed by atoms with Crippen molar-refractivity contribution in [3.8, 4) is 0 Å². The Balaban J connectivity index is 0.00000300. The second kappa shape index (κ2) is 10.0. The van der Waals surface area contributed by atoms with Crippen LogP contribution in [0.1, 0.15) is 25.8 Å². The standard InChI is InChI=1S/C20H27N5O2S.ClH/c1-4-10-24-11-12-25(15-16(24)3)20-21-13-18(14-22-20)23-28(26,27)19-8-6-17(5-2)7-9-19;/h5-9,13-14,16,23H,2,4,10-12,15H2,1,3H3;1H/t16-;/m0./s1. The van der Waals surface area contributed by atoms with Crippen molar-refractivity contribution in [1.29, 1.82) is 0 Å². The summed E-state index contributed by atoms with van der Waals surface area (Å²) in [5, 5.41) is 0. The zero-order valence-corrected chi connectivity index (χ0v) is 18.4. The summed E-state index contributed by atoms with van der Waals surface area (Å²) in [6.07, 6.45) is 5.84. The Labute approximate surface area is 179 Å². The molecular formula is C20H28ClN5O2S. The molecule has 1 N–H and O–H groups in total. The quantitative estimate of drug-likeness (QED) is 0.716. The van der Waals surface area contributed by atoms with Crippen molar-refractivity contribution in [2.75, 3.05) is 35.8 Å². The fraction of sp³-hybridized carbons (Fsp3) is 0.400. The largest absolute Gasteiger partial charge is 0.338 e. The third-order valence-electron chi connectivity index (χ3n) is 4.88. The SMILES string of the molecule is C=Cc1ccc(S(=O)(=O)Nc2cnc(N3CCN(CCC)[C@@H](C)C3)nc2)cc1.Cl. The molecule has 0 spiro atoms. The molecule has 9 heteroatoms. The molecule has 29 heavy (non-hydrogen) atoms. The van der Waals surface area contributed by atoms with Gasteiger partial charge in [-0.2, -0.15) is 0 Å². The molecule has 158 valence electrons. The van der Waals surface area contributed by atoms with E-state index in [9.17, 15) is 8.42 Å². The summed E-state index contributed by atoms with van der Waals surface area (Å²) in [6.45, 7) is 11.9. The van der Waals surface area contributed by atoms with Crippen LogP contribution in [0.25, 0.3) is 6.08 Å². The lowest BCUT2D eigenvalue weighted by Crippen LogP contribution is -2.52. The number of halogens is 1. The molecule has 1 aliphatic heterocycles. The van der Waals surface area contributed by atoms with E-state index in [1.165, 1.54) is 12.4 Å². The van der Waals surface area contributed by atoms with Crippen molar-refractivity contribution >= 4 is 40.1 Å². The highest BCUT2D eigenvalue weighted by molar-refractivity contribution is 7.92. The first-order valence-electron chi connectivity index (χ1n) is 9.49. The molecule has 1 saturated heterocycles. The topological polar surface area (TPSA) is 78.4 Å². The Morgan fingerprint density at radius 1 is 1.21 bits per heavy atom. The predicted molar refractivity (Wildman–Crippen MR) is 120 cm³/mol. The monoisotopic (exact) mass is 437 g/mol. The lowest BCUT2D eigenvalue weighted by Gasteiger charge is -2.39. The first-order valence-corrected chi connectivity index (χ1v) is 11.0. The molecule has 1 atom stereocenters. The lowest BCUT2D eigenvalue weighted by atomic mass is 10.2. The van der Waals surface area contributed by atoms with Gasteiger partial charge in [-0.05, 0) is 37.6 Å². The van der Waals surface area contributed by atoms with Crippen molar-refractivity contribution in [3.63, 3.8) is 0 Å². The summed E-state index contributed by atoms with van der Waals surface area (Å²) in [7, 11) is -3.68. The molecule has 0 aliphatic carbocycles. The van der Waals surface area contributed by atoms with Crippen molar-refractivity contribution in [1.82, 2.24) is 14.9 Å². The second-order valence-corrected chi connectivity index (χ2v) is 8.66. The molecule has 0 unspecified atom stereocenters. The second-order valence-electron chi connectivity index (χ2n) is 6.98. The van der Waals surface area contributed by atoms with Gasteiger partial charge in [-0.1, -0.05) is 31.7 Å². The van der Waals surface area contributed by atoms with E-state index >= 15 is 0 Å². The number of piperazine rings is 1. The van der Waals surface area contributed by atoms with Gasteiger partial charge >= 0.3 is 0 Å². The van der Waals surface area contributed by atoms with Gasteiger partial charge in [-0.3, -0.25) is 9.62 Å². The molecule has 1 fully saturated rings. The number of nitrogens with zero attached hydrogens (tertiary/aromatic N) is 4. The molecule has 0 amide bonds. The van der Waals surface area contributed by atoms with Crippen LogP contribution in [-0.4, -0.2) is 55.5 Å². The fourth-order valence-electron chi connectivity index (χ4n) is 3.33. The molecular weight excluding hydrogens is 410 g/mol. The third-order valence-corrected chi connectivity index (χ3v) is 6.27. The third kappa shape index (κ3) is 5.68. The Bertz CT molecular complexity index is 903. The van der Waals surface area contributed by atoms with Crippen LogP contribution in [0.4, 0.5) is 11.6 Å². The Morgan fingerprint density at radius 3 is 2.41 bits per heavy atom. The van der Waals surface area contributed by atoms with E-state index in [1.54, 1.807) is 30.3 Å². The first kappa shape index (κ1) is 23.1. The van der Waals surface area contributed by atoms with Crippen molar-refractivity contribution in [3.05, 3.63) is 48.8 Å². The zero-order valence-electron chi connectivity index (χ0n) is 16.8. The summed E-state index contributed by atoms with van der Waals surface area (Å²) >= 11 is 0. The average Bonchev–Trinajstić information content (AvgIpc) is 2.70. The number of anilines is 2. The number of hydrogen-bond donors (Lipinski definition) is 1. The molecule has 2 heterocycles. The van der Waals surface area contributed by atoms with E-state index in [2.05, 4.69) is 44.9 Å². The lowest BCUT2D eigenvalue weighted by molar-refractivity contribution is 0.189. The molecule has 3 rings (SSSR count). The number of nitrogens with one attached hydrogen (secondary N) is 1. The minimum Gasteiger partial charge on any atom is -0.338 e. The molecule has 7 nitrogen and oxygen atoms in total. The van der Waals surface area contributed by atoms with Gasteiger partial charge in [0.2, 0.25) is 5.95 Å². The van der Waals surface area contributed by atoms with Crippen LogP contribution in [0.2, 0.25) is 0 Å². The van der Waals surface area contributed by atoms with Crippen LogP contribution >= 0.6 is 12.4 Å². The van der Waals surface area contributed by atoms with Gasteiger partial charge < -0.3 is 4.90 Å².